The Bertz CT molecular complexity index is 442. The van der Waals surface area contributed by atoms with E-state index >= 15 is 0 Å². The minimum absolute atomic E-state index is 0.0510. The number of benzene rings is 1. The highest BCUT2D eigenvalue weighted by atomic mass is 16.3. The van der Waals surface area contributed by atoms with Crippen LogP contribution >= 0.6 is 0 Å². The standard InChI is InChI=1S/C16H26N2O/c1-12-6-5-7-15(13(12)2)18-14(11-19)10-17-9-8-16(18,3)4/h5-7,14,17,19H,8-11H2,1-4H3. The highest BCUT2D eigenvalue weighted by Gasteiger charge is 2.35. The molecule has 1 aliphatic rings. The molecular formula is C16H26N2O. The molecule has 1 atom stereocenters. The number of anilines is 1. The van der Waals surface area contributed by atoms with E-state index in [1.54, 1.807) is 0 Å². The predicted molar refractivity (Wildman–Crippen MR) is 80.8 cm³/mol. The lowest BCUT2D eigenvalue weighted by Gasteiger charge is -2.44. The summed E-state index contributed by atoms with van der Waals surface area (Å²) in [5, 5.41) is 13.2. The zero-order chi connectivity index (χ0) is 14.0. The Morgan fingerprint density at radius 2 is 2.11 bits per heavy atom. The van der Waals surface area contributed by atoms with Crippen LogP contribution in [-0.4, -0.2) is 36.4 Å². The van der Waals surface area contributed by atoms with E-state index in [0.717, 1.165) is 19.5 Å². The maximum absolute atomic E-state index is 9.76. The van der Waals surface area contributed by atoms with Gasteiger partial charge in [0.2, 0.25) is 0 Å². The molecule has 3 nitrogen and oxygen atoms in total. The highest BCUT2D eigenvalue weighted by Crippen LogP contribution is 2.33. The molecule has 1 heterocycles. The van der Waals surface area contributed by atoms with Crippen molar-refractivity contribution in [1.29, 1.82) is 0 Å². The van der Waals surface area contributed by atoms with Crippen LogP contribution in [0.25, 0.3) is 0 Å². The number of hydrogen-bond acceptors (Lipinski definition) is 3. The highest BCUT2D eigenvalue weighted by molar-refractivity contribution is 5.58. The van der Waals surface area contributed by atoms with E-state index in [0.29, 0.717) is 0 Å². The third kappa shape index (κ3) is 2.77. The second-order valence-electron chi connectivity index (χ2n) is 6.19. The molecule has 0 aromatic heterocycles. The van der Waals surface area contributed by atoms with Crippen molar-refractivity contribution in [3.05, 3.63) is 29.3 Å². The van der Waals surface area contributed by atoms with E-state index in [-0.39, 0.29) is 18.2 Å². The predicted octanol–water partition coefficient (Wildman–Crippen LogP) is 2.24. The molecule has 0 radical (unpaired) electrons. The van der Waals surface area contributed by atoms with Gasteiger partial charge in [-0.05, 0) is 57.9 Å². The molecule has 106 valence electrons. The molecule has 19 heavy (non-hydrogen) atoms. The fourth-order valence-corrected chi connectivity index (χ4v) is 3.03. The van der Waals surface area contributed by atoms with Crippen molar-refractivity contribution in [2.45, 2.75) is 45.7 Å². The summed E-state index contributed by atoms with van der Waals surface area (Å²) in [6, 6.07) is 6.58. The van der Waals surface area contributed by atoms with Gasteiger partial charge in [-0.3, -0.25) is 0 Å². The summed E-state index contributed by atoms with van der Waals surface area (Å²) in [7, 11) is 0. The second-order valence-corrected chi connectivity index (χ2v) is 6.19. The number of aryl methyl sites for hydroxylation is 1. The van der Waals surface area contributed by atoms with Crippen molar-refractivity contribution >= 4 is 5.69 Å². The molecule has 1 saturated heterocycles. The van der Waals surface area contributed by atoms with Crippen molar-refractivity contribution in [2.24, 2.45) is 0 Å². The number of aliphatic hydroxyl groups excluding tert-OH is 1. The molecule has 0 aliphatic carbocycles. The normalized spacial score (nSPS) is 23.2. The van der Waals surface area contributed by atoms with Crippen LogP contribution in [0.4, 0.5) is 5.69 Å². The van der Waals surface area contributed by atoms with Crippen LogP contribution in [0.1, 0.15) is 31.4 Å². The van der Waals surface area contributed by atoms with Gasteiger partial charge < -0.3 is 15.3 Å². The molecule has 1 fully saturated rings. The zero-order valence-electron chi connectivity index (χ0n) is 12.5. The third-order valence-electron chi connectivity index (χ3n) is 4.36. The smallest absolute Gasteiger partial charge is 0.0651 e. The maximum Gasteiger partial charge on any atom is 0.0651 e. The summed E-state index contributed by atoms with van der Waals surface area (Å²) in [6.07, 6.45) is 1.08. The number of nitrogens with one attached hydrogen (secondary N) is 1. The largest absolute Gasteiger partial charge is 0.394 e. The van der Waals surface area contributed by atoms with E-state index in [1.807, 2.05) is 0 Å². The van der Waals surface area contributed by atoms with Gasteiger partial charge in [0.05, 0.1) is 12.6 Å². The molecule has 1 aliphatic heterocycles. The van der Waals surface area contributed by atoms with Crippen LogP contribution in [0, 0.1) is 13.8 Å². The topological polar surface area (TPSA) is 35.5 Å². The zero-order valence-corrected chi connectivity index (χ0v) is 12.5. The van der Waals surface area contributed by atoms with Crippen LogP contribution in [0.2, 0.25) is 0 Å². The Hall–Kier alpha value is -1.06. The molecule has 2 N–H and O–H groups in total. The van der Waals surface area contributed by atoms with Crippen molar-refractivity contribution in [3.8, 4) is 0 Å². The SMILES string of the molecule is Cc1cccc(N2C(CO)CNCCC2(C)C)c1C. The summed E-state index contributed by atoms with van der Waals surface area (Å²) in [5.74, 6) is 0. The Kier molecular flexibility index (Phi) is 4.16. The number of nitrogens with zero attached hydrogens (tertiary/aromatic N) is 1. The number of hydrogen-bond donors (Lipinski definition) is 2. The van der Waals surface area contributed by atoms with Crippen LogP contribution < -0.4 is 10.2 Å². The summed E-state index contributed by atoms with van der Waals surface area (Å²) >= 11 is 0. The summed E-state index contributed by atoms with van der Waals surface area (Å²) < 4.78 is 0. The Morgan fingerprint density at radius 3 is 2.79 bits per heavy atom. The van der Waals surface area contributed by atoms with E-state index in [9.17, 15) is 5.11 Å². The molecule has 3 heteroatoms. The number of aliphatic hydroxyl groups is 1. The lowest BCUT2D eigenvalue weighted by Crippen LogP contribution is -2.52. The van der Waals surface area contributed by atoms with Gasteiger partial charge in [-0.15, -0.1) is 0 Å². The van der Waals surface area contributed by atoms with Gasteiger partial charge in [-0.25, -0.2) is 0 Å². The van der Waals surface area contributed by atoms with Crippen LogP contribution in [0.3, 0.4) is 0 Å². The maximum atomic E-state index is 9.76. The Balaban J connectivity index is 2.49. The van der Waals surface area contributed by atoms with Crippen LogP contribution in [0.15, 0.2) is 18.2 Å². The average molecular weight is 262 g/mol. The molecule has 1 unspecified atom stereocenters. The molecule has 1 aromatic carbocycles. The Labute approximate surface area is 116 Å². The van der Waals surface area contributed by atoms with Gasteiger partial charge in [0, 0.05) is 17.8 Å². The molecule has 0 bridgehead atoms. The molecule has 1 aromatic rings. The summed E-state index contributed by atoms with van der Waals surface area (Å²) in [4.78, 5) is 2.41. The molecule has 0 spiro atoms. The van der Waals surface area contributed by atoms with Crippen LogP contribution in [-0.2, 0) is 0 Å². The first-order valence-corrected chi connectivity index (χ1v) is 7.14. The van der Waals surface area contributed by atoms with Crippen molar-refractivity contribution in [2.75, 3.05) is 24.6 Å². The third-order valence-corrected chi connectivity index (χ3v) is 4.36. The first kappa shape index (κ1) is 14.4. The first-order chi connectivity index (χ1) is 8.97. The molecule has 0 amide bonds. The molecular weight excluding hydrogens is 236 g/mol. The monoisotopic (exact) mass is 262 g/mol. The average Bonchev–Trinajstić information content (AvgIpc) is 2.51. The van der Waals surface area contributed by atoms with E-state index in [4.69, 9.17) is 0 Å². The van der Waals surface area contributed by atoms with E-state index in [1.165, 1.54) is 16.8 Å². The lowest BCUT2D eigenvalue weighted by molar-refractivity contribution is 0.245. The van der Waals surface area contributed by atoms with E-state index in [2.05, 4.69) is 56.1 Å². The minimum Gasteiger partial charge on any atom is -0.394 e. The lowest BCUT2D eigenvalue weighted by atomic mass is 9.94. The van der Waals surface area contributed by atoms with Crippen molar-refractivity contribution in [1.82, 2.24) is 5.32 Å². The first-order valence-electron chi connectivity index (χ1n) is 7.14. The summed E-state index contributed by atoms with van der Waals surface area (Å²) in [6.45, 7) is 10.9. The van der Waals surface area contributed by atoms with Crippen LogP contribution in [0.5, 0.6) is 0 Å². The molecule has 2 rings (SSSR count). The second kappa shape index (κ2) is 5.51. The fraction of sp³-hybridized carbons (Fsp3) is 0.625. The van der Waals surface area contributed by atoms with Gasteiger partial charge in [0.15, 0.2) is 0 Å². The van der Waals surface area contributed by atoms with Gasteiger partial charge >= 0.3 is 0 Å². The van der Waals surface area contributed by atoms with Gasteiger partial charge in [0.25, 0.3) is 0 Å². The van der Waals surface area contributed by atoms with Crippen molar-refractivity contribution < 1.29 is 5.11 Å². The van der Waals surface area contributed by atoms with Gasteiger partial charge in [-0.2, -0.15) is 0 Å². The van der Waals surface area contributed by atoms with Crippen molar-refractivity contribution in [3.63, 3.8) is 0 Å². The molecule has 0 saturated carbocycles. The quantitative estimate of drug-likeness (QED) is 0.858. The summed E-state index contributed by atoms with van der Waals surface area (Å²) in [5.41, 5.74) is 3.93. The fourth-order valence-electron chi connectivity index (χ4n) is 3.03. The number of rotatable bonds is 2. The van der Waals surface area contributed by atoms with E-state index < -0.39 is 0 Å². The van der Waals surface area contributed by atoms with Gasteiger partial charge in [-0.1, -0.05) is 12.1 Å². The minimum atomic E-state index is 0.0510. The Morgan fingerprint density at radius 1 is 1.37 bits per heavy atom. The van der Waals surface area contributed by atoms with Gasteiger partial charge in [0.1, 0.15) is 0 Å².